The zero-order chi connectivity index (χ0) is 14.1. The van der Waals surface area contributed by atoms with Gasteiger partial charge < -0.3 is 10.6 Å². The minimum absolute atomic E-state index is 0.730. The van der Waals surface area contributed by atoms with E-state index >= 15 is 0 Å². The minimum atomic E-state index is 0.730. The number of nitrogens with zero attached hydrogens (tertiary/aromatic N) is 3. The number of hydrogen-bond donors (Lipinski definition) is 1. The largest absolute Gasteiger partial charge is 0.383 e. The smallest absolute Gasteiger partial charge is 0.129 e. The third-order valence-electron chi connectivity index (χ3n) is 4.12. The molecule has 20 heavy (non-hydrogen) atoms. The van der Waals surface area contributed by atoms with Gasteiger partial charge in [0, 0.05) is 37.0 Å². The summed E-state index contributed by atoms with van der Waals surface area (Å²) in [7, 11) is 1.88. The maximum Gasteiger partial charge on any atom is 0.129 e. The van der Waals surface area contributed by atoms with Gasteiger partial charge in [0.15, 0.2) is 0 Å². The second kappa shape index (κ2) is 5.19. The van der Waals surface area contributed by atoms with E-state index in [-0.39, 0.29) is 0 Å². The lowest BCUT2D eigenvalue weighted by atomic mass is 10.0. The van der Waals surface area contributed by atoms with Crippen LogP contribution in [0, 0.1) is 6.92 Å². The lowest BCUT2D eigenvalue weighted by Crippen LogP contribution is -2.29. The lowest BCUT2D eigenvalue weighted by Gasteiger charge is -2.30. The fraction of sp³-hybridized carbons (Fsp3) is 0.438. The highest BCUT2D eigenvalue weighted by Gasteiger charge is 2.18. The molecule has 0 spiro atoms. The van der Waals surface area contributed by atoms with E-state index in [1.165, 1.54) is 36.1 Å². The number of anilines is 2. The average molecular weight is 270 g/mol. The van der Waals surface area contributed by atoms with Crippen molar-refractivity contribution < 1.29 is 0 Å². The molecule has 1 aliphatic heterocycles. The normalized spacial score (nSPS) is 15.6. The van der Waals surface area contributed by atoms with Gasteiger partial charge in [0.2, 0.25) is 0 Å². The number of hydrogen-bond acceptors (Lipinski definition) is 3. The number of benzene rings is 1. The van der Waals surface area contributed by atoms with Crippen molar-refractivity contribution in [1.29, 1.82) is 0 Å². The number of piperidine rings is 1. The molecule has 106 valence electrons. The molecule has 4 heteroatoms. The van der Waals surface area contributed by atoms with Gasteiger partial charge in [0.05, 0.1) is 6.20 Å². The van der Waals surface area contributed by atoms with Crippen LogP contribution in [-0.2, 0) is 7.05 Å². The predicted octanol–water partition coefficient (Wildman–Crippen LogP) is 2.97. The first kappa shape index (κ1) is 13.0. The van der Waals surface area contributed by atoms with E-state index in [2.05, 4.69) is 35.1 Å². The van der Waals surface area contributed by atoms with Gasteiger partial charge in [-0.2, -0.15) is 5.10 Å². The SMILES string of the molecule is Cc1ccc(N2CCCCC2)c(-c2cnn(C)c2N)c1. The van der Waals surface area contributed by atoms with Crippen LogP contribution in [0.4, 0.5) is 11.5 Å². The Morgan fingerprint density at radius 1 is 1.10 bits per heavy atom. The molecular weight excluding hydrogens is 248 g/mol. The third-order valence-corrected chi connectivity index (χ3v) is 4.12. The molecule has 2 heterocycles. The second-order valence-corrected chi connectivity index (χ2v) is 5.64. The first-order valence-electron chi connectivity index (χ1n) is 7.30. The molecule has 1 fully saturated rings. The van der Waals surface area contributed by atoms with Crippen LogP contribution in [0.1, 0.15) is 24.8 Å². The number of aromatic nitrogens is 2. The van der Waals surface area contributed by atoms with Crippen molar-refractivity contribution in [1.82, 2.24) is 9.78 Å². The highest BCUT2D eigenvalue weighted by Crippen LogP contribution is 2.36. The molecule has 0 bridgehead atoms. The molecule has 0 atom stereocenters. The molecule has 4 nitrogen and oxygen atoms in total. The molecule has 3 rings (SSSR count). The van der Waals surface area contributed by atoms with Gasteiger partial charge in [0.1, 0.15) is 5.82 Å². The summed E-state index contributed by atoms with van der Waals surface area (Å²) in [4.78, 5) is 2.48. The quantitative estimate of drug-likeness (QED) is 0.912. The summed E-state index contributed by atoms with van der Waals surface area (Å²) in [5, 5.41) is 4.28. The van der Waals surface area contributed by atoms with Gasteiger partial charge in [-0.15, -0.1) is 0 Å². The van der Waals surface area contributed by atoms with Crippen LogP contribution in [-0.4, -0.2) is 22.9 Å². The summed E-state index contributed by atoms with van der Waals surface area (Å²) >= 11 is 0. The van der Waals surface area contributed by atoms with Gasteiger partial charge >= 0.3 is 0 Å². The molecule has 0 unspecified atom stereocenters. The molecule has 0 amide bonds. The van der Waals surface area contributed by atoms with Gasteiger partial charge in [0.25, 0.3) is 0 Å². The summed E-state index contributed by atoms with van der Waals surface area (Å²) in [6.07, 6.45) is 5.76. The van der Waals surface area contributed by atoms with Crippen molar-refractivity contribution in [2.75, 3.05) is 23.7 Å². The summed E-state index contributed by atoms with van der Waals surface area (Å²) in [5.41, 5.74) is 11.0. The van der Waals surface area contributed by atoms with Gasteiger partial charge in [-0.1, -0.05) is 11.6 Å². The van der Waals surface area contributed by atoms with Crippen molar-refractivity contribution in [3.05, 3.63) is 30.0 Å². The lowest BCUT2D eigenvalue weighted by molar-refractivity contribution is 0.578. The molecule has 2 aromatic rings. The molecule has 2 N–H and O–H groups in total. The maximum absolute atomic E-state index is 6.17. The first-order valence-corrected chi connectivity index (χ1v) is 7.30. The highest BCUT2D eigenvalue weighted by molar-refractivity contribution is 5.84. The molecule has 1 aromatic carbocycles. The Morgan fingerprint density at radius 3 is 2.50 bits per heavy atom. The van der Waals surface area contributed by atoms with Crippen LogP contribution >= 0.6 is 0 Å². The number of rotatable bonds is 2. The van der Waals surface area contributed by atoms with E-state index in [9.17, 15) is 0 Å². The van der Waals surface area contributed by atoms with E-state index in [0.29, 0.717) is 0 Å². The summed E-state index contributed by atoms with van der Waals surface area (Å²) in [6.45, 7) is 4.39. The van der Waals surface area contributed by atoms with Crippen molar-refractivity contribution in [3.63, 3.8) is 0 Å². The van der Waals surface area contributed by atoms with E-state index in [4.69, 9.17) is 5.73 Å². The van der Waals surface area contributed by atoms with Gasteiger partial charge in [-0.05, 0) is 38.3 Å². The van der Waals surface area contributed by atoms with Crippen molar-refractivity contribution >= 4 is 11.5 Å². The van der Waals surface area contributed by atoms with Crippen molar-refractivity contribution in [2.24, 2.45) is 7.05 Å². The third kappa shape index (κ3) is 2.26. The standard InChI is InChI=1S/C16H22N4/c1-12-6-7-15(20-8-4-3-5-9-20)13(10-12)14-11-18-19(2)16(14)17/h6-7,10-11H,3-5,8-9,17H2,1-2H3. The van der Waals surface area contributed by atoms with E-state index < -0.39 is 0 Å². The van der Waals surface area contributed by atoms with Crippen LogP contribution < -0.4 is 10.6 Å². The predicted molar refractivity (Wildman–Crippen MR) is 83.9 cm³/mol. The van der Waals surface area contributed by atoms with E-state index in [0.717, 1.165) is 24.5 Å². The van der Waals surface area contributed by atoms with Gasteiger partial charge in [-0.3, -0.25) is 4.68 Å². The van der Waals surface area contributed by atoms with Crippen molar-refractivity contribution in [2.45, 2.75) is 26.2 Å². The van der Waals surface area contributed by atoms with Gasteiger partial charge in [-0.25, -0.2) is 0 Å². The molecule has 0 aliphatic carbocycles. The molecular formula is C16H22N4. The number of nitrogens with two attached hydrogens (primary N) is 1. The minimum Gasteiger partial charge on any atom is -0.383 e. The Balaban J connectivity index is 2.08. The number of nitrogen functional groups attached to an aromatic ring is 1. The summed E-state index contributed by atoms with van der Waals surface area (Å²) in [5.74, 6) is 0.730. The molecule has 0 radical (unpaired) electrons. The number of aryl methyl sites for hydroxylation is 2. The maximum atomic E-state index is 6.17. The molecule has 1 aliphatic rings. The van der Waals surface area contributed by atoms with Crippen LogP contribution in [0.5, 0.6) is 0 Å². The molecule has 1 saturated heterocycles. The van der Waals surface area contributed by atoms with Crippen LogP contribution in [0.15, 0.2) is 24.4 Å². The van der Waals surface area contributed by atoms with E-state index in [1.807, 2.05) is 13.2 Å². The Kier molecular flexibility index (Phi) is 3.38. The topological polar surface area (TPSA) is 47.1 Å². The summed E-state index contributed by atoms with van der Waals surface area (Å²) < 4.78 is 1.73. The Labute approximate surface area is 120 Å². The van der Waals surface area contributed by atoms with Crippen LogP contribution in [0.2, 0.25) is 0 Å². The summed E-state index contributed by atoms with van der Waals surface area (Å²) in [6, 6.07) is 6.62. The fourth-order valence-corrected chi connectivity index (χ4v) is 2.93. The highest BCUT2D eigenvalue weighted by atomic mass is 15.3. The zero-order valence-electron chi connectivity index (χ0n) is 12.3. The Bertz CT molecular complexity index is 609. The molecule has 0 saturated carbocycles. The second-order valence-electron chi connectivity index (χ2n) is 5.64. The molecule has 1 aromatic heterocycles. The fourth-order valence-electron chi connectivity index (χ4n) is 2.93. The van der Waals surface area contributed by atoms with Crippen molar-refractivity contribution in [3.8, 4) is 11.1 Å². The van der Waals surface area contributed by atoms with Crippen LogP contribution in [0.25, 0.3) is 11.1 Å². The van der Waals surface area contributed by atoms with Crippen LogP contribution in [0.3, 0.4) is 0 Å². The monoisotopic (exact) mass is 270 g/mol. The average Bonchev–Trinajstić information content (AvgIpc) is 2.80. The van der Waals surface area contributed by atoms with E-state index in [1.54, 1.807) is 4.68 Å². The Morgan fingerprint density at radius 2 is 1.85 bits per heavy atom. The first-order chi connectivity index (χ1) is 9.66. The zero-order valence-corrected chi connectivity index (χ0v) is 12.3. The Hall–Kier alpha value is -1.97.